The van der Waals surface area contributed by atoms with E-state index in [-0.39, 0.29) is 23.5 Å². The van der Waals surface area contributed by atoms with Crippen LogP contribution in [-0.2, 0) is 4.79 Å². The quantitative estimate of drug-likeness (QED) is 0.696. The van der Waals surface area contributed by atoms with Gasteiger partial charge in [0.1, 0.15) is 5.82 Å². The number of ether oxygens (including phenoxy) is 2. The van der Waals surface area contributed by atoms with Gasteiger partial charge in [-0.05, 0) is 32.0 Å². The third-order valence-corrected chi connectivity index (χ3v) is 3.75. The molecule has 2 heterocycles. The Morgan fingerprint density at radius 2 is 1.93 bits per heavy atom. The maximum atomic E-state index is 12.6. The number of methoxy groups -OCH3 is 1. The minimum absolute atomic E-state index is 0.00543. The number of hydrogen-bond donors (Lipinski definition) is 2. The molecule has 0 aliphatic heterocycles. The Balaban J connectivity index is 2.17. The zero-order valence-electron chi connectivity index (χ0n) is 16.5. The predicted octanol–water partition coefficient (Wildman–Crippen LogP) is 2.89. The van der Waals surface area contributed by atoms with Crippen molar-refractivity contribution in [3.63, 3.8) is 0 Å². The van der Waals surface area contributed by atoms with Gasteiger partial charge in [-0.15, -0.1) is 0 Å². The molecule has 29 heavy (non-hydrogen) atoms. The highest BCUT2D eigenvalue weighted by molar-refractivity contribution is 5.96. The minimum atomic E-state index is -2.62. The van der Waals surface area contributed by atoms with E-state index in [1.165, 1.54) is 26.2 Å². The van der Waals surface area contributed by atoms with Gasteiger partial charge in [0.15, 0.2) is 6.61 Å². The van der Waals surface area contributed by atoms with Gasteiger partial charge in [0.25, 0.3) is 12.3 Å². The SMILES string of the molecule is COc1nc(OCC(F)F)ccc1C(C)NC(=O)c1cc(C)nc(NC(C)=O)c1. The minimum Gasteiger partial charge on any atom is -0.481 e. The number of nitrogens with one attached hydrogen (secondary N) is 2. The van der Waals surface area contributed by atoms with Crippen molar-refractivity contribution in [3.8, 4) is 11.8 Å². The molecule has 1 unspecified atom stereocenters. The average molecular weight is 408 g/mol. The van der Waals surface area contributed by atoms with Crippen molar-refractivity contribution >= 4 is 17.6 Å². The molecule has 0 fully saturated rings. The third-order valence-electron chi connectivity index (χ3n) is 3.75. The normalized spacial score (nSPS) is 11.7. The van der Waals surface area contributed by atoms with Crippen molar-refractivity contribution in [2.75, 3.05) is 19.0 Å². The van der Waals surface area contributed by atoms with Crippen LogP contribution in [0.1, 0.15) is 41.5 Å². The summed E-state index contributed by atoms with van der Waals surface area (Å²) in [5.74, 6) is -0.277. The molecule has 2 aromatic rings. The summed E-state index contributed by atoms with van der Waals surface area (Å²) in [7, 11) is 1.38. The Kier molecular flexibility index (Phi) is 7.40. The fraction of sp³-hybridized carbons (Fsp3) is 0.368. The first-order valence-corrected chi connectivity index (χ1v) is 8.72. The number of carbonyl (C=O) groups excluding carboxylic acids is 2. The van der Waals surface area contributed by atoms with E-state index in [0.29, 0.717) is 16.8 Å². The molecule has 10 heteroatoms. The highest BCUT2D eigenvalue weighted by Crippen LogP contribution is 2.26. The number of amides is 2. The largest absolute Gasteiger partial charge is 0.481 e. The van der Waals surface area contributed by atoms with Crippen LogP contribution in [0.5, 0.6) is 11.8 Å². The second-order valence-electron chi connectivity index (χ2n) is 6.21. The maximum absolute atomic E-state index is 12.6. The number of rotatable bonds is 8. The Hall–Kier alpha value is -3.30. The van der Waals surface area contributed by atoms with Gasteiger partial charge in [-0.25, -0.2) is 13.8 Å². The maximum Gasteiger partial charge on any atom is 0.272 e. The summed E-state index contributed by atoms with van der Waals surface area (Å²) >= 11 is 0. The van der Waals surface area contributed by atoms with Gasteiger partial charge in [-0.2, -0.15) is 4.98 Å². The fourth-order valence-electron chi connectivity index (χ4n) is 2.56. The van der Waals surface area contributed by atoms with Gasteiger partial charge in [-0.1, -0.05) is 0 Å². The Morgan fingerprint density at radius 1 is 1.21 bits per heavy atom. The molecule has 0 aliphatic rings. The van der Waals surface area contributed by atoms with Crippen LogP contribution in [0.2, 0.25) is 0 Å². The summed E-state index contributed by atoms with van der Waals surface area (Å²) < 4.78 is 34.6. The fourth-order valence-corrected chi connectivity index (χ4v) is 2.56. The van der Waals surface area contributed by atoms with E-state index in [0.717, 1.165) is 0 Å². The first-order valence-electron chi connectivity index (χ1n) is 8.72. The molecule has 2 aromatic heterocycles. The van der Waals surface area contributed by atoms with E-state index >= 15 is 0 Å². The molecule has 0 aromatic carbocycles. The highest BCUT2D eigenvalue weighted by Gasteiger charge is 2.18. The van der Waals surface area contributed by atoms with E-state index in [4.69, 9.17) is 9.47 Å². The zero-order valence-corrected chi connectivity index (χ0v) is 16.5. The third kappa shape index (κ3) is 6.37. The van der Waals surface area contributed by atoms with Gasteiger partial charge in [-0.3, -0.25) is 9.59 Å². The lowest BCUT2D eigenvalue weighted by Crippen LogP contribution is -2.27. The molecule has 0 aliphatic carbocycles. The second-order valence-corrected chi connectivity index (χ2v) is 6.21. The number of pyridine rings is 2. The number of halogens is 2. The topological polar surface area (TPSA) is 102 Å². The highest BCUT2D eigenvalue weighted by atomic mass is 19.3. The summed E-state index contributed by atoms with van der Waals surface area (Å²) in [5.41, 5.74) is 1.42. The first-order chi connectivity index (χ1) is 13.7. The van der Waals surface area contributed by atoms with Crippen molar-refractivity contribution in [2.45, 2.75) is 33.2 Å². The molecule has 0 radical (unpaired) electrons. The van der Waals surface area contributed by atoms with Crippen LogP contribution in [0, 0.1) is 6.92 Å². The van der Waals surface area contributed by atoms with Gasteiger partial charge < -0.3 is 20.1 Å². The molecular weight excluding hydrogens is 386 g/mol. The van der Waals surface area contributed by atoms with Crippen molar-refractivity contribution in [3.05, 3.63) is 41.1 Å². The summed E-state index contributed by atoms with van der Waals surface area (Å²) in [5, 5.41) is 5.35. The average Bonchev–Trinajstić information content (AvgIpc) is 2.64. The lowest BCUT2D eigenvalue weighted by molar-refractivity contribution is -0.114. The lowest BCUT2D eigenvalue weighted by Gasteiger charge is -2.18. The molecule has 1 atom stereocenters. The monoisotopic (exact) mass is 408 g/mol. The predicted molar refractivity (Wildman–Crippen MR) is 101 cm³/mol. The number of alkyl halides is 2. The van der Waals surface area contributed by atoms with Crippen molar-refractivity contribution in [2.24, 2.45) is 0 Å². The summed E-state index contributed by atoms with van der Waals surface area (Å²) in [6.07, 6.45) is -2.62. The van der Waals surface area contributed by atoms with E-state index in [1.807, 2.05) is 0 Å². The molecule has 8 nitrogen and oxygen atoms in total. The van der Waals surface area contributed by atoms with Crippen LogP contribution in [-0.4, -0.2) is 41.9 Å². The van der Waals surface area contributed by atoms with Crippen molar-refractivity contribution in [1.29, 1.82) is 0 Å². The smallest absolute Gasteiger partial charge is 0.272 e. The molecule has 2 rings (SSSR count). The Labute approximate surface area is 166 Å². The molecule has 0 bridgehead atoms. The number of anilines is 1. The van der Waals surface area contributed by atoms with Gasteiger partial charge in [0.2, 0.25) is 17.7 Å². The zero-order chi connectivity index (χ0) is 21.6. The van der Waals surface area contributed by atoms with Crippen molar-refractivity contribution in [1.82, 2.24) is 15.3 Å². The van der Waals surface area contributed by atoms with E-state index in [2.05, 4.69) is 20.6 Å². The van der Waals surface area contributed by atoms with Gasteiger partial charge >= 0.3 is 0 Å². The van der Waals surface area contributed by atoms with Crippen LogP contribution in [0.4, 0.5) is 14.6 Å². The molecule has 0 saturated carbocycles. The number of nitrogens with zero attached hydrogens (tertiary/aromatic N) is 2. The van der Waals surface area contributed by atoms with Crippen LogP contribution < -0.4 is 20.1 Å². The van der Waals surface area contributed by atoms with Gasteiger partial charge in [0, 0.05) is 29.8 Å². The molecule has 0 saturated heterocycles. The second kappa shape index (κ2) is 9.76. The van der Waals surface area contributed by atoms with E-state index < -0.39 is 25.0 Å². The number of aryl methyl sites for hydroxylation is 1. The molecular formula is C19H22F2N4O4. The summed E-state index contributed by atoms with van der Waals surface area (Å²) in [6.45, 7) is 4.00. The summed E-state index contributed by atoms with van der Waals surface area (Å²) in [6, 6.07) is 5.55. The van der Waals surface area contributed by atoms with Crippen LogP contribution in [0.15, 0.2) is 24.3 Å². The van der Waals surface area contributed by atoms with Crippen LogP contribution >= 0.6 is 0 Å². The first kappa shape index (κ1) is 22.0. The molecule has 2 amide bonds. The molecule has 2 N–H and O–H groups in total. The molecule has 0 spiro atoms. The molecule has 156 valence electrons. The number of hydrogen-bond acceptors (Lipinski definition) is 6. The van der Waals surface area contributed by atoms with Crippen LogP contribution in [0.25, 0.3) is 0 Å². The van der Waals surface area contributed by atoms with Gasteiger partial charge in [0.05, 0.1) is 13.2 Å². The van der Waals surface area contributed by atoms with E-state index in [9.17, 15) is 18.4 Å². The standard InChI is InChI=1S/C19H22F2N4O4/c1-10-7-13(8-16(22-10)24-12(3)26)18(27)23-11(2)14-5-6-17(25-19(14)28-4)29-9-15(20)21/h5-8,11,15H,9H2,1-4H3,(H,23,27)(H,22,24,26). The van der Waals surface area contributed by atoms with E-state index in [1.54, 1.807) is 26.0 Å². The van der Waals surface area contributed by atoms with Crippen molar-refractivity contribution < 1.29 is 27.8 Å². The Morgan fingerprint density at radius 3 is 2.55 bits per heavy atom. The van der Waals surface area contributed by atoms with Crippen LogP contribution in [0.3, 0.4) is 0 Å². The number of carbonyl (C=O) groups is 2. The lowest BCUT2D eigenvalue weighted by atomic mass is 10.1. The Bertz CT molecular complexity index is 893. The summed E-state index contributed by atoms with van der Waals surface area (Å²) in [4.78, 5) is 32.1. The number of aromatic nitrogens is 2.